The average molecular weight is 229 g/mol. The molecular formula is C7H10F3NO4. The normalized spacial score (nSPS) is 13.3. The van der Waals surface area contributed by atoms with Gasteiger partial charge in [-0.15, -0.1) is 0 Å². The standard InChI is InChI=1S/C7H10F3NO4/c1-4(6(13)14)15-2-5(12)11-3-7(8,9)10/h4H,2-3H2,1H3,(H,11,12)(H,13,14)/t4-/m0/s1. The molecule has 0 aliphatic rings. The minimum absolute atomic E-state index is 0.719. The van der Waals surface area contributed by atoms with Crippen LogP contribution in [0.3, 0.4) is 0 Å². The number of alkyl halides is 3. The van der Waals surface area contributed by atoms with Crippen molar-refractivity contribution in [1.82, 2.24) is 5.32 Å². The molecule has 0 radical (unpaired) electrons. The van der Waals surface area contributed by atoms with Crippen molar-refractivity contribution in [1.29, 1.82) is 0 Å². The van der Waals surface area contributed by atoms with E-state index in [-0.39, 0.29) is 0 Å². The summed E-state index contributed by atoms with van der Waals surface area (Å²) in [6, 6.07) is 0. The molecule has 5 nitrogen and oxygen atoms in total. The van der Waals surface area contributed by atoms with Gasteiger partial charge in [0, 0.05) is 0 Å². The van der Waals surface area contributed by atoms with Crippen LogP contribution in [-0.4, -0.2) is 42.4 Å². The molecule has 0 heterocycles. The Bertz CT molecular complexity index is 241. The van der Waals surface area contributed by atoms with Crippen molar-refractivity contribution in [2.75, 3.05) is 13.2 Å². The molecule has 0 bridgehead atoms. The molecule has 0 aliphatic carbocycles. The van der Waals surface area contributed by atoms with Crippen LogP contribution in [0.25, 0.3) is 0 Å². The summed E-state index contributed by atoms with van der Waals surface area (Å²) in [5.74, 6) is -2.31. The Morgan fingerprint density at radius 1 is 1.47 bits per heavy atom. The molecule has 8 heteroatoms. The zero-order valence-corrected chi connectivity index (χ0v) is 7.80. The van der Waals surface area contributed by atoms with Crippen LogP contribution in [0.2, 0.25) is 0 Å². The Morgan fingerprint density at radius 3 is 2.40 bits per heavy atom. The van der Waals surface area contributed by atoms with Crippen LogP contribution in [0.5, 0.6) is 0 Å². The van der Waals surface area contributed by atoms with Gasteiger partial charge in [0.25, 0.3) is 0 Å². The van der Waals surface area contributed by atoms with Gasteiger partial charge in [-0.25, -0.2) is 4.79 Å². The Balaban J connectivity index is 3.72. The minimum Gasteiger partial charge on any atom is -0.479 e. The molecule has 2 N–H and O–H groups in total. The third kappa shape index (κ3) is 7.74. The lowest BCUT2D eigenvalue weighted by Gasteiger charge is -2.10. The number of carbonyl (C=O) groups is 2. The molecule has 0 rings (SSSR count). The fourth-order valence-electron chi connectivity index (χ4n) is 0.522. The van der Waals surface area contributed by atoms with E-state index in [0.29, 0.717) is 0 Å². The molecule has 1 atom stereocenters. The third-order valence-electron chi connectivity index (χ3n) is 1.30. The Kier molecular flexibility index (Phi) is 5.06. The Morgan fingerprint density at radius 2 is 2.00 bits per heavy atom. The maximum atomic E-state index is 11.6. The number of halogens is 3. The van der Waals surface area contributed by atoms with Gasteiger partial charge in [0.2, 0.25) is 5.91 Å². The molecule has 0 unspecified atom stereocenters. The van der Waals surface area contributed by atoms with Crippen LogP contribution in [-0.2, 0) is 14.3 Å². The summed E-state index contributed by atoms with van der Waals surface area (Å²) >= 11 is 0. The number of aliphatic carboxylic acids is 1. The van der Waals surface area contributed by atoms with Gasteiger partial charge in [0.1, 0.15) is 13.2 Å². The van der Waals surface area contributed by atoms with E-state index < -0.39 is 37.3 Å². The fourth-order valence-corrected chi connectivity index (χ4v) is 0.522. The monoisotopic (exact) mass is 229 g/mol. The second kappa shape index (κ2) is 5.54. The number of carboxylic acid groups (broad SMARTS) is 1. The minimum atomic E-state index is -4.49. The number of amides is 1. The van der Waals surface area contributed by atoms with Crippen LogP contribution in [0.4, 0.5) is 13.2 Å². The first kappa shape index (κ1) is 13.7. The highest BCUT2D eigenvalue weighted by Crippen LogP contribution is 2.11. The first-order valence-electron chi connectivity index (χ1n) is 3.90. The lowest BCUT2D eigenvalue weighted by atomic mass is 10.4. The van der Waals surface area contributed by atoms with Crippen molar-refractivity contribution in [2.45, 2.75) is 19.2 Å². The number of ether oxygens (including phenoxy) is 1. The molecule has 15 heavy (non-hydrogen) atoms. The smallest absolute Gasteiger partial charge is 0.405 e. The quantitative estimate of drug-likeness (QED) is 0.703. The first-order valence-corrected chi connectivity index (χ1v) is 3.90. The molecule has 0 aromatic heterocycles. The van der Waals surface area contributed by atoms with Crippen LogP contribution in [0.1, 0.15) is 6.92 Å². The summed E-state index contributed by atoms with van der Waals surface area (Å²) in [6.45, 7) is -1.01. The van der Waals surface area contributed by atoms with Gasteiger partial charge in [-0.2, -0.15) is 13.2 Å². The lowest BCUT2D eigenvalue weighted by Crippen LogP contribution is -2.37. The highest BCUT2D eigenvalue weighted by Gasteiger charge is 2.27. The molecule has 0 saturated carbocycles. The summed E-state index contributed by atoms with van der Waals surface area (Å²) < 4.78 is 39.2. The predicted octanol–water partition coefficient (Wildman–Crippen LogP) is 0.155. The number of rotatable bonds is 5. The number of hydrogen-bond acceptors (Lipinski definition) is 3. The van der Waals surface area contributed by atoms with Gasteiger partial charge < -0.3 is 15.2 Å². The van der Waals surface area contributed by atoms with Crippen LogP contribution in [0, 0.1) is 0 Å². The van der Waals surface area contributed by atoms with Crippen molar-refractivity contribution >= 4 is 11.9 Å². The average Bonchev–Trinajstić information content (AvgIpc) is 2.09. The molecular weight excluding hydrogens is 219 g/mol. The largest absolute Gasteiger partial charge is 0.479 e. The van der Waals surface area contributed by atoms with Crippen molar-refractivity contribution in [2.24, 2.45) is 0 Å². The summed E-state index contributed by atoms with van der Waals surface area (Å²) in [7, 11) is 0. The van der Waals surface area contributed by atoms with E-state index in [1.807, 2.05) is 0 Å². The highest BCUT2D eigenvalue weighted by atomic mass is 19.4. The number of carbonyl (C=O) groups excluding carboxylic acids is 1. The van der Waals surface area contributed by atoms with Gasteiger partial charge in [-0.1, -0.05) is 0 Å². The van der Waals surface area contributed by atoms with E-state index in [4.69, 9.17) is 5.11 Å². The van der Waals surface area contributed by atoms with E-state index >= 15 is 0 Å². The van der Waals surface area contributed by atoms with E-state index in [0.717, 1.165) is 0 Å². The van der Waals surface area contributed by atoms with Gasteiger partial charge in [-0.3, -0.25) is 4.79 Å². The van der Waals surface area contributed by atoms with Crippen LogP contribution >= 0.6 is 0 Å². The summed E-state index contributed by atoms with van der Waals surface area (Å²) in [6.07, 6.45) is -5.73. The van der Waals surface area contributed by atoms with Crippen LogP contribution in [0.15, 0.2) is 0 Å². The number of carboxylic acids is 1. The molecule has 0 aliphatic heterocycles. The number of nitrogens with one attached hydrogen (secondary N) is 1. The second-order valence-electron chi connectivity index (χ2n) is 2.68. The molecule has 0 fully saturated rings. The van der Waals surface area contributed by atoms with E-state index in [1.54, 1.807) is 0 Å². The third-order valence-corrected chi connectivity index (χ3v) is 1.30. The van der Waals surface area contributed by atoms with Gasteiger partial charge in [0.15, 0.2) is 6.10 Å². The van der Waals surface area contributed by atoms with E-state index in [9.17, 15) is 22.8 Å². The lowest BCUT2D eigenvalue weighted by molar-refractivity contribution is -0.153. The molecule has 0 aromatic rings. The van der Waals surface area contributed by atoms with Crippen LogP contribution < -0.4 is 5.32 Å². The predicted molar refractivity (Wildman–Crippen MR) is 42.1 cm³/mol. The Hall–Kier alpha value is -1.31. The molecule has 0 aromatic carbocycles. The first-order chi connectivity index (χ1) is 6.72. The Labute approximate surface area is 83.2 Å². The zero-order valence-electron chi connectivity index (χ0n) is 7.80. The van der Waals surface area contributed by atoms with Gasteiger partial charge in [0.05, 0.1) is 0 Å². The molecule has 1 amide bonds. The maximum Gasteiger partial charge on any atom is 0.405 e. The summed E-state index contributed by atoms with van der Waals surface area (Å²) in [5, 5.41) is 9.85. The van der Waals surface area contributed by atoms with Crippen molar-refractivity contribution in [3.05, 3.63) is 0 Å². The highest BCUT2D eigenvalue weighted by molar-refractivity contribution is 5.78. The fraction of sp³-hybridized carbons (Fsp3) is 0.714. The van der Waals surface area contributed by atoms with Gasteiger partial charge in [-0.05, 0) is 6.92 Å². The summed E-state index contributed by atoms with van der Waals surface area (Å²) in [4.78, 5) is 20.9. The second-order valence-corrected chi connectivity index (χ2v) is 2.68. The van der Waals surface area contributed by atoms with E-state index in [1.165, 1.54) is 12.2 Å². The maximum absolute atomic E-state index is 11.6. The topological polar surface area (TPSA) is 75.6 Å². The number of hydrogen-bond donors (Lipinski definition) is 2. The molecule has 0 spiro atoms. The van der Waals surface area contributed by atoms with Crippen molar-refractivity contribution < 1.29 is 32.6 Å². The molecule has 88 valence electrons. The van der Waals surface area contributed by atoms with E-state index in [2.05, 4.69) is 4.74 Å². The van der Waals surface area contributed by atoms with Crippen molar-refractivity contribution in [3.63, 3.8) is 0 Å². The zero-order chi connectivity index (χ0) is 12.1. The summed E-state index contributed by atoms with van der Waals surface area (Å²) in [5.41, 5.74) is 0. The molecule has 0 saturated heterocycles. The van der Waals surface area contributed by atoms with Gasteiger partial charge >= 0.3 is 12.1 Å². The van der Waals surface area contributed by atoms with Crippen molar-refractivity contribution in [3.8, 4) is 0 Å². The SMILES string of the molecule is C[C@H](OCC(=O)NCC(F)(F)F)C(=O)O.